The van der Waals surface area contributed by atoms with E-state index in [0.29, 0.717) is 12.0 Å². The average Bonchev–Trinajstić information content (AvgIpc) is 3.11. The summed E-state index contributed by atoms with van der Waals surface area (Å²) in [5, 5.41) is 12.1. The predicted molar refractivity (Wildman–Crippen MR) is 151 cm³/mol. The highest BCUT2D eigenvalue weighted by Gasteiger charge is 2.82. The van der Waals surface area contributed by atoms with Crippen molar-refractivity contribution in [3.8, 4) is 0 Å². The average molecular weight is 563 g/mol. The Hall–Kier alpha value is -3.49. The van der Waals surface area contributed by atoms with Gasteiger partial charge in [0.25, 0.3) is 0 Å². The van der Waals surface area contributed by atoms with Crippen molar-refractivity contribution >= 4 is 24.0 Å². The molecule has 8 nitrogen and oxygen atoms in total. The molecule has 7 unspecified atom stereocenters. The molecule has 8 heteroatoms. The van der Waals surface area contributed by atoms with Gasteiger partial charge in [0.1, 0.15) is 23.9 Å². The Morgan fingerprint density at radius 3 is 2.17 bits per heavy atom. The molecule has 5 rings (SSSR count). The van der Waals surface area contributed by atoms with Crippen LogP contribution in [-0.4, -0.2) is 58.1 Å². The van der Waals surface area contributed by atoms with E-state index in [0.717, 1.165) is 5.56 Å². The van der Waals surface area contributed by atoms with Gasteiger partial charge in [-0.05, 0) is 70.7 Å². The topological polar surface area (TPSA) is 108 Å². The molecule has 3 fully saturated rings. The summed E-state index contributed by atoms with van der Waals surface area (Å²) in [6.07, 6.45) is 1.32. The Labute approximate surface area is 240 Å². The second kappa shape index (κ2) is 10.4. The van der Waals surface area contributed by atoms with E-state index >= 15 is 0 Å². The Bertz CT molecular complexity index is 1330. The zero-order chi connectivity index (χ0) is 29.6. The lowest BCUT2D eigenvalue weighted by Crippen LogP contribution is -2.79. The van der Waals surface area contributed by atoms with Crippen LogP contribution < -0.4 is 0 Å². The van der Waals surface area contributed by atoms with E-state index < -0.39 is 64.4 Å². The summed E-state index contributed by atoms with van der Waals surface area (Å²) >= 11 is 0. The number of aliphatic hydroxyl groups is 1. The molecule has 7 atom stereocenters. The normalized spacial score (nSPS) is 35.4. The molecule has 2 bridgehead atoms. The SMILES string of the molecule is CC(=O)OC1C2CC(OC(=O)C=Cc3ccccc3)C3(C)C(OC(=O)c4ccccc4)CCC(C)(O)C13OC2(C)C. The molecule has 0 aromatic heterocycles. The first-order valence-electron chi connectivity index (χ1n) is 14.1. The Morgan fingerprint density at radius 2 is 1.54 bits per heavy atom. The fourth-order valence-corrected chi connectivity index (χ4v) is 7.45. The molecule has 3 aliphatic rings. The first-order chi connectivity index (χ1) is 19.3. The van der Waals surface area contributed by atoms with Gasteiger partial charge < -0.3 is 24.1 Å². The predicted octanol–water partition coefficient (Wildman–Crippen LogP) is 4.89. The van der Waals surface area contributed by atoms with Gasteiger partial charge in [-0.2, -0.15) is 0 Å². The number of carbonyl (C=O) groups excluding carboxylic acids is 3. The first kappa shape index (κ1) is 29.0. The van der Waals surface area contributed by atoms with Crippen LogP contribution in [0.1, 0.15) is 69.8 Å². The fourth-order valence-electron chi connectivity index (χ4n) is 7.45. The van der Waals surface area contributed by atoms with Crippen LogP contribution in [0, 0.1) is 11.3 Å². The van der Waals surface area contributed by atoms with Gasteiger partial charge in [-0.3, -0.25) is 4.79 Å². The number of ether oxygens (including phenoxy) is 4. The molecule has 2 saturated carbocycles. The maximum atomic E-state index is 13.3. The minimum absolute atomic E-state index is 0.213. The molecule has 2 aromatic carbocycles. The lowest BCUT2D eigenvalue weighted by Gasteiger charge is -2.64. The lowest BCUT2D eigenvalue weighted by atomic mass is 9.47. The molecule has 0 radical (unpaired) electrons. The summed E-state index contributed by atoms with van der Waals surface area (Å²) < 4.78 is 25.1. The van der Waals surface area contributed by atoms with Gasteiger partial charge in [0, 0.05) is 18.9 Å². The molecule has 2 aliphatic carbocycles. The molecule has 1 heterocycles. The second-order valence-corrected chi connectivity index (χ2v) is 12.3. The molecule has 1 spiro atoms. The van der Waals surface area contributed by atoms with Crippen molar-refractivity contribution in [2.75, 3.05) is 0 Å². The third-order valence-corrected chi connectivity index (χ3v) is 9.40. The highest BCUT2D eigenvalue weighted by Crippen LogP contribution is 2.68. The number of hydrogen-bond donors (Lipinski definition) is 1. The number of hydrogen-bond acceptors (Lipinski definition) is 8. The van der Waals surface area contributed by atoms with Crippen molar-refractivity contribution in [3.63, 3.8) is 0 Å². The summed E-state index contributed by atoms with van der Waals surface area (Å²) in [5.41, 5.74) is -3.96. The maximum absolute atomic E-state index is 13.3. The van der Waals surface area contributed by atoms with Gasteiger partial charge in [0.15, 0.2) is 0 Å². The van der Waals surface area contributed by atoms with E-state index in [1.807, 2.05) is 57.2 Å². The Kier molecular flexibility index (Phi) is 7.37. The van der Waals surface area contributed by atoms with E-state index in [9.17, 15) is 19.5 Å². The van der Waals surface area contributed by atoms with Crippen LogP contribution in [0.4, 0.5) is 0 Å². The van der Waals surface area contributed by atoms with Gasteiger partial charge in [0.05, 0.1) is 22.2 Å². The minimum Gasteiger partial charge on any atom is -0.459 e. The maximum Gasteiger partial charge on any atom is 0.338 e. The quantitative estimate of drug-likeness (QED) is 0.301. The van der Waals surface area contributed by atoms with E-state index in [-0.39, 0.29) is 12.8 Å². The van der Waals surface area contributed by atoms with Crippen LogP contribution in [-0.2, 0) is 28.5 Å². The zero-order valence-corrected chi connectivity index (χ0v) is 24.2. The van der Waals surface area contributed by atoms with Crippen LogP contribution in [0.5, 0.6) is 0 Å². The molecule has 41 heavy (non-hydrogen) atoms. The van der Waals surface area contributed by atoms with Crippen molar-refractivity contribution < 1.29 is 38.4 Å². The minimum atomic E-state index is -1.54. The number of fused-ring (bicyclic) bond motifs is 1. The van der Waals surface area contributed by atoms with E-state index in [1.54, 1.807) is 37.3 Å². The molecule has 0 amide bonds. The smallest absolute Gasteiger partial charge is 0.338 e. The number of rotatable bonds is 6. The van der Waals surface area contributed by atoms with Crippen molar-refractivity contribution in [2.24, 2.45) is 11.3 Å². The van der Waals surface area contributed by atoms with Crippen LogP contribution in [0.15, 0.2) is 66.7 Å². The monoisotopic (exact) mass is 562 g/mol. The number of benzene rings is 2. The van der Waals surface area contributed by atoms with Gasteiger partial charge in [0.2, 0.25) is 0 Å². The zero-order valence-electron chi connectivity index (χ0n) is 24.2. The van der Waals surface area contributed by atoms with Crippen LogP contribution >= 0.6 is 0 Å². The molecular formula is C33H38O8. The van der Waals surface area contributed by atoms with Crippen LogP contribution in [0.2, 0.25) is 0 Å². The molecule has 1 N–H and O–H groups in total. The summed E-state index contributed by atoms with van der Waals surface area (Å²) in [6.45, 7) is 8.58. The van der Waals surface area contributed by atoms with Crippen molar-refractivity contribution in [1.29, 1.82) is 0 Å². The molecular weight excluding hydrogens is 524 g/mol. The highest BCUT2D eigenvalue weighted by atomic mass is 16.6. The summed E-state index contributed by atoms with van der Waals surface area (Å²) in [6, 6.07) is 18.0. The third kappa shape index (κ3) is 4.77. The van der Waals surface area contributed by atoms with Gasteiger partial charge in [-0.15, -0.1) is 0 Å². The Morgan fingerprint density at radius 1 is 0.902 bits per heavy atom. The second-order valence-electron chi connectivity index (χ2n) is 12.3. The standard InChI is InChI=1S/C33H38O8/c1-21(34)38-28-24-20-26(39-27(35)17-16-22-12-8-6-9-13-22)32(5)25(40-29(36)23-14-10-7-11-15-23)18-19-31(4,37)33(28,32)41-30(24,2)3/h6-17,24-26,28,37H,18-20H2,1-5H3. The third-order valence-electron chi connectivity index (χ3n) is 9.40. The lowest BCUT2D eigenvalue weighted by molar-refractivity contribution is -0.327. The van der Waals surface area contributed by atoms with E-state index in [2.05, 4.69) is 0 Å². The summed E-state index contributed by atoms with van der Waals surface area (Å²) in [5.74, 6) is -2.02. The molecule has 1 aliphatic heterocycles. The van der Waals surface area contributed by atoms with Crippen LogP contribution in [0.3, 0.4) is 0 Å². The van der Waals surface area contributed by atoms with Crippen molar-refractivity contribution in [2.45, 2.75) is 89.0 Å². The summed E-state index contributed by atoms with van der Waals surface area (Å²) in [4.78, 5) is 39.0. The van der Waals surface area contributed by atoms with E-state index in [4.69, 9.17) is 18.9 Å². The Balaban J connectivity index is 1.59. The fraction of sp³-hybridized carbons (Fsp3) is 0.485. The van der Waals surface area contributed by atoms with Crippen LogP contribution in [0.25, 0.3) is 6.08 Å². The number of carbonyl (C=O) groups is 3. The first-order valence-corrected chi connectivity index (χ1v) is 14.1. The van der Waals surface area contributed by atoms with Crippen molar-refractivity contribution in [3.05, 3.63) is 77.9 Å². The largest absolute Gasteiger partial charge is 0.459 e. The molecule has 2 aromatic rings. The van der Waals surface area contributed by atoms with Gasteiger partial charge in [-0.25, -0.2) is 9.59 Å². The number of esters is 3. The summed E-state index contributed by atoms with van der Waals surface area (Å²) in [7, 11) is 0. The van der Waals surface area contributed by atoms with Crippen molar-refractivity contribution in [1.82, 2.24) is 0 Å². The molecule has 218 valence electrons. The van der Waals surface area contributed by atoms with Gasteiger partial charge in [-0.1, -0.05) is 48.5 Å². The highest BCUT2D eigenvalue weighted by molar-refractivity contribution is 5.89. The van der Waals surface area contributed by atoms with E-state index in [1.165, 1.54) is 13.0 Å². The van der Waals surface area contributed by atoms with Gasteiger partial charge >= 0.3 is 17.9 Å². The molecule has 1 saturated heterocycles.